The first kappa shape index (κ1) is 12.3. The van der Waals surface area contributed by atoms with Crippen molar-refractivity contribution in [2.24, 2.45) is 0 Å². The molecule has 1 aromatic heterocycles. The molecule has 0 spiro atoms. The fraction of sp³-hybridized carbons (Fsp3) is 0.308. The molecular weight excluding hydrogens is 236 g/mol. The van der Waals surface area contributed by atoms with Gasteiger partial charge in [-0.15, -0.1) is 0 Å². The average Bonchev–Trinajstić information content (AvgIpc) is 2.69. The summed E-state index contributed by atoms with van der Waals surface area (Å²) in [7, 11) is 3.07. The fourth-order valence-electron chi connectivity index (χ4n) is 2.06. The highest BCUT2D eigenvalue weighted by molar-refractivity contribution is 5.99. The highest BCUT2D eigenvalue weighted by Gasteiger charge is 2.22. The lowest BCUT2D eigenvalue weighted by molar-refractivity contribution is 0.0664. The normalized spacial score (nSPS) is 10.7. The summed E-state index contributed by atoms with van der Waals surface area (Å²) in [6.07, 6.45) is 0. The molecule has 0 amide bonds. The number of rotatable bonds is 3. The number of methoxy groups -OCH3 is 2. The number of hydrogen-bond donors (Lipinski definition) is 1. The van der Waals surface area contributed by atoms with Crippen molar-refractivity contribution in [3.05, 3.63) is 23.0 Å². The van der Waals surface area contributed by atoms with Gasteiger partial charge in [0.05, 0.1) is 19.6 Å². The Hall–Kier alpha value is -2.17. The molecule has 2 aromatic rings. The van der Waals surface area contributed by atoms with Gasteiger partial charge in [0.15, 0.2) is 0 Å². The number of carbonyl (C=O) groups is 1. The van der Waals surface area contributed by atoms with Gasteiger partial charge in [-0.3, -0.25) is 0 Å². The molecule has 0 saturated carbocycles. The van der Waals surface area contributed by atoms with Crippen LogP contribution in [0.2, 0.25) is 0 Å². The van der Waals surface area contributed by atoms with Gasteiger partial charge in [0.25, 0.3) is 0 Å². The van der Waals surface area contributed by atoms with E-state index >= 15 is 0 Å². The van der Waals surface area contributed by atoms with E-state index in [1.807, 2.05) is 6.92 Å². The Kier molecular flexibility index (Phi) is 2.90. The van der Waals surface area contributed by atoms with Gasteiger partial charge >= 0.3 is 5.97 Å². The van der Waals surface area contributed by atoms with Crippen LogP contribution in [0.25, 0.3) is 11.0 Å². The van der Waals surface area contributed by atoms with E-state index in [-0.39, 0.29) is 5.76 Å². The molecule has 0 fully saturated rings. The smallest absolute Gasteiger partial charge is 0.372 e. The van der Waals surface area contributed by atoms with Crippen LogP contribution in [0.1, 0.15) is 21.7 Å². The van der Waals surface area contributed by atoms with Gasteiger partial charge in [0, 0.05) is 17.2 Å². The quantitative estimate of drug-likeness (QED) is 0.907. The third-order valence-electron chi connectivity index (χ3n) is 3.00. The summed E-state index contributed by atoms with van der Waals surface area (Å²) in [5, 5.41) is 9.76. The maximum atomic E-state index is 11.1. The number of ether oxygens (including phenoxy) is 2. The molecule has 2 rings (SSSR count). The van der Waals surface area contributed by atoms with Crippen molar-refractivity contribution in [1.82, 2.24) is 0 Å². The first-order valence-electron chi connectivity index (χ1n) is 5.39. The zero-order valence-corrected chi connectivity index (χ0v) is 10.7. The minimum Gasteiger partial charge on any atom is -0.496 e. The van der Waals surface area contributed by atoms with Crippen molar-refractivity contribution < 1.29 is 23.8 Å². The number of hydrogen-bond acceptors (Lipinski definition) is 4. The van der Waals surface area contributed by atoms with E-state index in [4.69, 9.17) is 19.0 Å². The minimum atomic E-state index is -1.09. The number of aromatic carboxylic acids is 1. The molecule has 0 aliphatic carbocycles. The largest absolute Gasteiger partial charge is 0.496 e. The van der Waals surface area contributed by atoms with E-state index in [0.717, 1.165) is 5.56 Å². The molecule has 0 aliphatic rings. The summed E-state index contributed by atoms with van der Waals surface area (Å²) in [5.41, 5.74) is 1.80. The van der Waals surface area contributed by atoms with Gasteiger partial charge in [-0.05, 0) is 13.8 Å². The Morgan fingerprint density at radius 3 is 2.28 bits per heavy atom. The Morgan fingerprint density at radius 1 is 1.17 bits per heavy atom. The SMILES string of the molecule is COc1cc(OC)c2c(C)c(C(=O)O)oc2c1C. The van der Waals surface area contributed by atoms with E-state index in [2.05, 4.69) is 0 Å². The molecule has 18 heavy (non-hydrogen) atoms. The number of furan rings is 1. The van der Waals surface area contributed by atoms with Crippen LogP contribution in [0, 0.1) is 13.8 Å². The molecule has 1 heterocycles. The van der Waals surface area contributed by atoms with Crippen LogP contribution in [0.3, 0.4) is 0 Å². The molecular formula is C13H14O5. The summed E-state index contributed by atoms with van der Waals surface area (Å²) >= 11 is 0. The summed E-state index contributed by atoms with van der Waals surface area (Å²) in [6.45, 7) is 3.51. The van der Waals surface area contributed by atoms with Crippen LogP contribution in [0.5, 0.6) is 11.5 Å². The molecule has 0 radical (unpaired) electrons. The molecule has 5 heteroatoms. The minimum absolute atomic E-state index is 0.0698. The molecule has 0 unspecified atom stereocenters. The lowest BCUT2D eigenvalue weighted by atomic mass is 10.1. The molecule has 0 aliphatic heterocycles. The standard InChI is InChI=1S/C13H14O5/c1-6-8(16-3)5-9(17-4)10-7(2)12(13(14)15)18-11(6)10/h5H,1-4H3,(H,14,15). The average molecular weight is 250 g/mol. The Morgan fingerprint density at radius 2 is 1.78 bits per heavy atom. The third-order valence-corrected chi connectivity index (χ3v) is 3.00. The van der Waals surface area contributed by atoms with Gasteiger partial charge in [0.2, 0.25) is 5.76 Å². The number of carboxylic acid groups (broad SMARTS) is 1. The van der Waals surface area contributed by atoms with Crippen molar-refractivity contribution in [1.29, 1.82) is 0 Å². The monoisotopic (exact) mass is 250 g/mol. The lowest BCUT2D eigenvalue weighted by Gasteiger charge is -2.09. The van der Waals surface area contributed by atoms with Crippen LogP contribution in [-0.2, 0) is 0 Å². The topological polar surface area (TPSA) is 68.9 Å². The van der Waals surface area contributed by atoms with Crippen LogP contribution in [0.4, 0.5) is 0 Å². The summed E-state index contributed by atoms with van der Waals surface area (Å²) in [6, 6.07) is 1.73. The second kappa shape index (κ2) is 4.25. The van der Waals surface area contributed by atoms with E-state index in [1.165, 1.54) is 7.11 Å². The molecule has 96 valence electrons. The van der Waals surface area contributed by atoms with Crippen molar-refractivity contribution >= 4 is 16.9 Å². The number of benzene rings is 1. The predicted molar refractivity (Wildman–Crippen MR) is 65.8 cm³/mol. The van der Waals surface area contributed by atoms with Crippen molar-refractivity contribution in [3.63, 3.8) is 0 Å². The van der Waals surface area contributed by atoms with Crippen molar-refractivity contribution in [2.45, 2.75) is 13.8 Å². The lowest BCUT2D eigenvalue weighted by Crippen LogP contribution is -1.95. The predicted octanol–water partition coefficient (Wildman–Crippen LogP) is 2.77. The molecule has 1 aromatic carbocycles. The Labute approximate surface area is 104 Å². The number of aryl methyl sites for hydroxylation is 2. The molecule has 0 saturated heterocycles. The van der Waals surface area contributed by atoms with Gasteiger partial charge in [-0.2, -0.15) is 0 Å². The van der Waals surface area contributed by atoms with E-state index in [1.54, 1.807) is 20.1 Å². The summed E-state index contributed by atoms with van der Waals surface area (Å²) < 4.78 is 15.9. The first-order chi connectivity index (χ1) is 8.51. The van der Waals surface area contributed by atoms with Gasteiger partial charge in [-0.25, -0.2) is 4.79 Å². The maximum absolute atomic E-state index is 11.1. The summed E-state index contributed by atoms with van der Waals surface area (Å²) in [4.78, 5) is 11.1. The zero-order chi connectivity index (χ0) is 13.4. The van der Waals surface area contributed by atoms with Gasteiger partial charge in [0.1, 0.15) is 17.1 Å². The van der Waals surface area contributed by atoms with Gasteiger partial charge in [-0.1, -0.05) is 0 Å². The molecule has 0 bridgehead atoms. The Balaban J connectivity index is 2.91. The highest BCUT2D eigenvalue weighted by atomic mass is 16.5. The zero-order valence-electron chi connectivity index (χ0n) is 10.7. The molecule has 0 atom stereocenters. The molecule has 5 nitrogen and oxygen atoms in total. The number of carboxylic acids is 1. The fourth-order valence-corrected chi connectivity index (χ4v) is 2.06. The molecule has 1 N–H and O–H groups in total. The Bertz CT molecular complexity index is 624. The first-order valence-corrected chi connectivity index (χ1v) is 5.39. The van der Waals surface area contributed by atoms with Gasteiger partial charge < -0.3 is 19.0 Å². The van der Waals surface area contributed by atoms with Crippen molar-refractivity contribution in [2.75, 3.05) is 14.2 Å². The number of fused-ring (bicyclic) bond motifs is 1. The van der Waals surface area contributed by atoms with E-state index < -0.39 is 5.97 Å². The van der Waals surface area contributed by atoms with Crippen LogP contribution < -0.4 is 9.47 Å². The van der Waals surface area contributed by atoms with Crippen LogP contribution in [0.15, 0.2) is 10.5 Å². The summed E-state index contributed by atoms with van der Waals surface area (Å²) in [5.74, 6) is -0.0185. The highest BCUT2D eigenvalue weighted by Crippen LogP contribution is 2.39. The van der Waals surface area contributed by atoms with E-state index in [0.29, 0.717) is 28.0 Å². The van der Waals surface area contributed by atoms with Crippen LogP contribution >= 0.6 is 0 Å². The second-order valence-electron chi connectivity index (χ2n) is 3.97. The maximum Gasteiger partial charge on any atom is 0.372 e. The second-order valence-corrected chi connectivity index (χ2v) is 3.97. The third kappa shape index (κ3) is 1.59. The van der Waals surface area contributed by atoms with Crippen LogP contribution in [-0.4, -0.2) is 25.3 Å². The van der Waals surface area contributed by atoms with Crippen molar-refractivity contribution in [3.8, 4) is 11.5 Å². The van der Waals surface area contributed by atoms with E-state index in [9.17, 15) is 4.79 Å².